The van der Waals surface area contributed by atoms with Crippen LogP contribution in [-0.4, -0.2) is 11.8 Å². The van der Waals surface area contributed by atoms with Gasteiger partial charge in [-0.25, -0.2) is 0 Å². The van der Waals surface area contributed by atoms with Crippen molar-refractivity contribution in [1.82, 2.24) is 0 Å². The van der Waals surface area contributed by atoms with Crippen molar-refractivity contribution in [2.75, 3.05) is 10.6 Å². The Morgan fingerprint density at radius 2 is 1.18 bits per heavy atom. The summed E-state index contributed by atoms with van der Waals surface area (Å²) in [6, 6.07) is 22.8. The van der Waals surface area contributed by atoms with Gasteiger partial charge in [0.15, 0.2) is 0 Å². The molecule has 0 bridgehead atoms. The van der Waals surface area contributed by atoms with Crippen LogP contribution >= 0.6 is 0 Å². The van der Waals surface area contributed by atoms with E-state index in [0.29, 0.717) is 22.4 Å². The van der Waals surface area contributed by atoms with Gasteiger partial charge in [-0.2, -0.15) is 5.26 Å². The molecule has 5 heteroatoms. The van der Waals surface area contributed by atoms with Crippen LogP contribution in [0.2, 0.25) is 0 Å². The highest BCUT2D eigenvalue weighted by molar-refractivity contribution is 6.07. The predicted octanol–water partition coefficient (Wildman–Crippen LogP) is 4.63. The molecule has 0 spiro atoms. The monoisotopic (exact) mass is 369 g/mol. The first-order valence-electron chi connectivity index (χ1n) is 8.91. The first-order chi connectivity index (χ1) is 13.6. The number of benzene rings is 3. The molecular formula is C23H19N3O2. The highest BCUT2D eigenvalue weighted by Crippen LogP contribution is 2.14. The fraction of sp³-hybridized carbons (Fsp3) is 0.0870. The minimum absolute atomic E-state index is 0.233. The van der Waals surface area contributed by atoms with E-state index in [1.165, 1.54) is 5.56 Å². The molecule has 3 aromatic carbocycles. The lowest BCUT2D eigenvalue weighted by atomic mass is 10.1. The number of nitrogens with one attached hydrogen (secondary N) is 2. The van der Waals surface area contributed by atoms with Crippen LogP contribution in [0.15, 0.2) is 72.8 Å². The number of amides is 2. The van der Waals surface area contributed by atoms with E-state index in [-0.39, 0.29) is 11.8 Å². The van der Waals surface area contributed by atoms with E-state index in [1.54, 1.807) is 48.5 Å². The van der Waals surface area contributed by atoms with Crippen molar-refractivity contribution < 1.29 is 9.59 Å². The lowest BCUT2D eigenvalue weighted by Gasteiger charge is -2.08. The highest BCUT2D eigenvalue weighted by Gasteiger charge is 2.10. The molecule has 0 fully saturated rings. The van der Waals surface area contributed by atoms with Gasteiger partial charge in [0.05, 0.1) is 11.6 Å². The summed E-state index contributed by atoms with van der Waals surface area (Å²) in [5.74, 6) is -0.518. The van der Waals surface area contributed by atoms with Crippen molar-refractivity contribution in [2.24, 2.45) is 0 Å². The second-order valence-electron chi connectivity index (χ2n) is 6.23. The van der Waals surface area contributed by atoms with Crippen LogP contribution in [0.5, 0.6) is 0 Å². The van der Waals surface area contributed by atoms with Crippen LogP contribution in [0, 0.1) is 11.3 Å². The van der Waals surface area contributed by atoms with Crippen LogP contribution in [0.4, 0.5) is 11.4 Å². The van der Waals surface area contributed by atoms with Crippen molar-refractivity contribution >= 4 is 23.2 Å². The third kappa shape index (κ3) is 4.63. The summed E-state index contributed by atoms with van der Waals surface area (Å²) in [7, 11) is 0. The maximum absolute atomic E-state index is 12.4. The number of anilines is 2. The fourth-order valence-corrected chi connectivity index (χ4v) is 2.63. The number of aryl methyl sites for hydroxylation is 1. The van der Waals surface area contributed by atoms with Crippen LogP contribution in [0.25, 0.3) is 0 Å². The number of rotatable bonds is 5. The summed E-state index contributed by atoms with van der Waals surface area (Å²) >= 11 is 0. The molecule has 2 amide bonds. The molecule has 0 aromatic heterocycles. The van der Waals surface area contributed by atoms with Gasteiger partial charge in [-0.15, -0.1) is 0 Å². The number of hydrogen-bond donors (Lipinski definition) is 2. The molecule has 3 rings (SSSR count). The van der Waals surface area contributed by atoms with Gasteiger partial charge in [-0.05, 0) is 72.6 Å². The molecule has 0 aliphatic heterocycles. The lowest BCUT2D eigenvalue weighted by molar-refractivity contribution is 0.101. The largest absolute Gasteiger partial charge is 0.322 e. The Morgan fingerprint density at radius 3 is 1.57 bits per heavy atom. The van der Waals surface area contributed by atoms with Gasteiger partial charge in [0.2, 0.25) is 0 Å². The summed E-state index contributed by atoms with van der Waals surface area (Å²) in [6.07, 6.45) is 0.945. The number of carbonyl (C=O) groups is 2. The first-order valence-corrected chi connectivity index (χ1v) is 8.91. The Labute approximate surface area is 163 Å². The van der Waals surface area contributed by atoms with E-state index in [0.717, 1.165) is 12.1 Å². The SMILES string of the molecule is CCc1ccc(NC(=O)c2ccc(C(=O)Nc3ccc(C#N)cc3)cc2)cc1. The van der Waals surface area contributed by atoms with Gasteiger partial charge in [0, 0.05) is 22.5 Å². The molecule has 0 radical (unpaired) electrons. The van der Waals surface area contributed by atoms with Gasteiger partial charge >= 0.3 is 0 Å². The van der Waals surface area contributed by atoms with E-state index >= 15 is 0 Å². The summed E-state index contributed by atoms with van der Waals surface area (Å²) in [6.45, 7) is 2.08. The zero-order chi connectivity index (χ0) is 19.9. The van der Waals surface area contributed by atoms with Crippen molar-refractivity contribution in [1.29, 1.82) is 5.26 Å². The zero-order valence-electron chi connectivity index (χ0n) is 15.4. The van der Waals surface area contributed by atoms with Gasteiger partial charge < -0.3 is 10.6 Å². The number of nitriles is 1. The second-order valence-corrected chi connectivity index (χ2v) is 6.23. The fourth-order valence-electron chi connectivity index (χ4n) is 2.63. The topological polar surface area (TPSA) is 82.0 Å². The second kappa shape index (κ2) is 8.65. The Morgan fingerprint density at radius 1 is 0.750 bits per heavy atom. The highest BCUT2D eigenvalue weighted by atomic mass is 16.2. The molecule has 0 aliphatic rings. The Bertz CT molecular complexity index is 1020. The molecule has 0 heterocycles. The molecule has 138 valence electrons. The molecule has 5 nitrogen and oxygen atoms in total. The number of carbonyl (C=O) groups excluding carboxylic acids is 2. The summed E-state index contributed by atoms with van der Waals surface area (Å²) < 4.78 is 0. The lowest BCUT2D eigenvalue weighted by Crippen LogP contribution is -2.14. The first kappa shape index (κ1) is 18.9. The average Bonchev–Trinajstić information content (AvgIpc) is 2.75. The van der Waals surface area contributed by atoms with Crippen LogP contribution in [-0.2, 0) is 6.42 Å². The van der Waals surface area contributed by atoms with Crippen LogP contribution in [0.1, 0.15) is 38.8 Å². The minimum atomic E-state index is -0.285. The molecule has 2 N–H and O–H groups in total. The summed E-state index contributed by atoms with van der Waals surface area (Å²) in [4.78, 5) is 24.7. The molecular weight excluding hydrogens is 350 g/mol. The van der Waals surface area contributed by atoms with E-state index in [9.17, 15) is 9.59 Å². The number of nitrogens with zero attached hydrogens (tertiary/aromatic N) is 1. The zero-order valence-corrected chi connectivity index (χ0v) is 15.4. The predicted molar refractivity (Wildman–Crippen MR) is 109 cm³/mol. The van der Waals surface area contributed by atoms with Crippen LogP contribution in [0.3, 0.4) is 0 Å². The average molecular weight is 369 g/mol. The van der Waals surface area contributed by atoms with Gasteiger partial charge in [0.25, 0.3) is 11.8 Å². The Balaban J connectivity index is 1.63. The third-order valence-electron chi connectivity index (χ3n) is 4.30. The smallest absolute Gasteiger partial charge is 0.255 e. The maximum atomic E-state index is 12.4. The normalized spacial score (nSPS) is 10.0. The standard InChI is InChI=1S/C23H19N3O2/c1-2-16-3-11-20(12-4-16)25-22(27)18-7-9-19(10-8-18)23(28)26-21-13-5-17(15-24)6-14-21/h3-14H,2H2,1H3,(H,25,27)(H,26,28). The summed E-state index contributed by atoms with van der Waals surface area (Å²) in [5.41, 5.74) is 3.96. The van der Waals surface area contributed by atoms with Crippen LogP contribution < -0.4 is 10.6 Å². The molecule has 0 saturated heterocycles. The molecule has 3 aromatic rings. The Kier molecular flexibility index (Phi) is 5.83. The van der Waals surface area contributed by atoms with Gasteiger partial charge in [-0.1, -0.05) is 19.1 Å². The molecule has 0 atom stereocenters. The molecule has 0 unspecified atom stereocenters. The van der Waals surface area contributed by atoms with Gasteiger partial charge in [0.1, 0.15) is 0 Å². The molecule has 0 saturated carbocycles. The van der Waals surface area contributed by atoms with E-state index in [2.05, 4.69) is 17.6 Å². The van der Waals surface area contributed by atoms with Gasteiger partial charge in [-0.3, -0.25) is 9.59 Å². The Hall–Kier alpha value is -3.91. The van der Waals surface area contributed by atoms with Crippen molar-refractivity contribution in [3.05, 3.63) is 95.1 Å². The molecule has 28 heavy (non-hydrogen) atoms. The van der Waals surface area contributed by atoms with Crippen molar-refractivity contribution in [2.45, 2.75) is 13.3 Å². The molecule has 0 aliphatic carbocycles. The summed E-state index contributed by atoms with van der Waals surface area (Å²) in [5, 5.41) is 14.4. The maximum Gasteiger partial charge on any atom is 0.255 e. The quantitative estimate of drug-likeness (QED) is 0.688. The number of hydrogen-bond acceptors (Lipinski definition) is 3. The van der Waals surface area contributed by atoms with Crippen molar-refractivity contribution in [3.8, 4) is 6.07 Å². The van der Waals surface area contributed by atoms with Crippen molar-refractivity contribution in [3.63, 3.8) is 0 Å². The van der Waals surface area contributed by atoms with E-state index in [1.807, 2.05) is 30.3 Å². The van der Waals surface area contributed by atoms with E-state index in [4.69, 9.17) is 5.26 Å². The van der Waals surface area contributed by atoms with E-state index < -0.39 is 0 Å². The minimum Gasteiger partial charge on any atom is -0.322 e. The third-order valence-corrected chi connectivity index (χ3v) is 4.30.